The molecular weight excluding hydrogens is 524 g/mol. The second-order valence-corrected chi connectivity index (χ2v) is 9.45. The molecule has 1 saturated heterocycles. The number of esters is 1. The molecule has 11 heteroatoms. The maximum absolute atomic E-state index is 13.0. The van der Waals surface area contributed by atoms with Crippen molar-refractivity contribution in [3.63, 3.8) is 0 Å². The van der Waals surface area contributed by atoms with E-state index in [9.17, 15) is 19.7 Å². The number of non-ortho nitro benzene ring substituents is 1. The van der Waals surface area contributed by atoms with Crippen molar-refractivity contribution in [1.29, 1.82) is 0 Å². The molecule has 0 atom stereocenters. The Morgan fingerprint density at radius 3 is 2.64 bits per heavy atom. The Hall–Kier alpha value is -3.73. The van der Waals surface area contributed by atoms with Crippen molar-refractivity contribution in [3.05, 3.63) is 97.9 Å². The van der Waals surface area contributed by atoms with Crippen LogP contribution in [0.1, 0.15) is 22.8 Å². The minimum atomic E-state index is -0.769. The van der Waals surface area contributed by atoms with Crippen molar-refractivity contribution in [2.24, 2.45) is 0 Å². The van der Waals surface area contributed by atoms with Crippen molar-refractivity contribution < 1.29 is 24.0 Å². The average molecular weight is 541 g/mol. The van der Waals surface area contributed by atoms with Crippen molar-refractivity contribution in [3.8, 4) is 11.5 Å². The lowest BCUT2D eigenvalue weighted by Gasteiger charge is -2.14. The third kappa shape index (κ3) is 5.56. The van der Waals surface area contributed by atoms with Gasteiger partial charge in [0.1, 0.15) is 0 Å². The van der Waals surface area contributed by atoms with Gasteiger partial charge in [0, 0.05) is 17.2 Å². The first kappa shape index (κ1) is 25.4. The number of carbonyl (C=O) groups is 2. The molecule has 1 aliphatic heterocycles. The summed E-state index contributed by atoms with van der Waals surface area (Å²) in [6, 6.07) is 16.9. The highest BCUT2D eigenvalue weighted by Gasteiger charge is 2.33. The van der Waals surface area contributed by atoms with Crippen LogP contribution < -0.4 is 14.4 Å². The van der Waals surface area contributed by atoms with Crippen molar-refractivity contribution >= 4 is 69.2 Å². The molecule has 1 amide bonds. The van der Waals surface area contributed by atoms with Crippen molar-refractivity contribution in [2.45, 2.75) is 6.92 Å². The second kappa shape index (κ2) is 10.9. The fraction of sp³-hybridized carbons (Fsp3) is 0.0800. The molecule has 3 aromatic carbocycles. The van der Waals surface area contributed by atoms with Crippen LogP contribution in [-0.4, -0.2) is 27.7 Å². The molecule has 8 nitrogen and oxygen atoms in total. The summed E-state index contributed by atoms with van der Waals surface area (Å²) in [5, 5.41) is 11.5. The van der Waals surface area contributed by atoms with E-state index in [1.807, 2.05) is 0 Å². The number of nitrogens with zero attached hydrogens (tertiary/aromatic N) is 2. The van der Waals surface area contributed by atoms with E-state index in [1.165, 1.54) is 29.2 Å². The molecule has 0 saturated carbocycles. The average Bonchev–Trinajstić information content (AvgIpc) is 3.13. The van der Waals surface area contributed by atoms with Gasteiger partial charge in [-0.15, -0.1) is 0 Å². The van der Waals surface area contributed by atoms with E-state index in [-0.39, 0.29) is 28.7 Å². The maximum atomic E-state index is 13.0. The molecule has 0 radical (unpaired) electrons. The number of thiocarbonyl (C=S) groups is 1. The Bertz CT molecular complexity index is 1430. The van der Waals surface area contributed by atoms with Gasteiger partial charge in [-0.05, 0) is 55.0 Å². The summed E-state index contributed by atoms with van der Waals surface area (Å²) in [6.07, 6.45) is 1.67. The number of ether oxygens (including phenoxy) is 2. The summed E-state index contributed by atoms with van der Waals surface area (Å²) >= 11 is 12.6. The molecule has 0 N–H and O–H groups in total. The van der Waals surface area contributed by atoms with Gasteiger partial charge in [-0.3, -0.25) is 19.8 Å². The smallest absolute Gasteiger partial charge is 0.343 e. The van der Waals surface area contributed by atoms with Gasteiger partial charge < -0.3 is 9.47 Å². The lowest BCUT2D eigenvalue weighted by atomic mass is 10.1. The third-order valence-corrected chi connectivity index (χ3v) is 6.46. The number of anilines is 1. The van der Waals surface area contributed by atoms with Gasteiger partial charge in [-0.1, -0.05) is 53.8 Å². The number of hydrogen-bond acceptors (Lipinski definition) is 8. The van der Waals surface area contributed by atoms with Crippen LogP contribution in [0, 0.1) is 10.1 Å². The van der Waals surface area contributed by atoms with Crippen LogP contribution in [-0.2, 0) is 4.79 Å². The van der Waals surface area contributed by atoms with Crippen LogP contribution in [0.2, 0.25) is 5.02 Å². The number of amides is 1. The standard InChI is InChI=1S/C25H17ClN2O6S2/c1-2-33-21-11-15(9-10-20(21)34-24(30)16-5-3-8-19(13-16)28(31)32)12-22-23(29)27(25(35)36-22)18-7-4-6-17(26)14-18/h3-14H,2H2,1H3/b22-12-. The summed E-state index contributed by atoms with van der Waals surface area (Å²) in [5.74, 6) is -0.645. The fourth-order valence-electron chi connectivity index (χ4n) is 3.33. The van der Waals surface area contributed by atoms with Gasteiger partial charge in [-0.2, -0.15) is 0 Å². The van der Waals surface area contributed by atoms with E-state index in [1.54, 1.807) is 49.4 Å². The maximum Gasteiger partial charge on any atom is 0.343 e. The molecule has 36 heavy (non-hydrogen) atoms. The third-order valence-electron chi connectivity index (χ3n) is 4.92. The van der Waals surface area contributed by atoms with Gasteiger partial charge in [0.2, 0.25) is 0 Å². The van der Waals surface area contributed by atoms with E-state index in [2.05, 4.69) is 0 Å². The Labute approximate surface area is 220 Å². The number of hydrogen-bond donors (Lipinski definition) is 0. The highest BCUT2D eigenvalue weighted by atomic mass is 35.5. The van der Waals surface area contributed by atoms with Crippen LogP contribution in [0.25, 0.3) is 6.08 Å². The minimum absolute atomic E-state index is 0.0282. The summed E-state index contributed by atoms with van der Waals surface area (Å²) in [6.45, 7) is 2.07. The molecular formula is C25H17ClN2O6S2. The van der Waals surface area contributed by atoms with Crippen molar-refractivity contribution in [2.75, 3.05) is 11.5 Å². The lowest BCUT2D eigenvalue weighted by Crippen LogP contribution is -2.27. The van der Waals surface area contributed by atoms with Gasteiger partial charge in [0.15, 0.2) is 15.8 Å². The van der Waals surface area contributed by atoms with Gasteiger partial charge in [0.25, 0.3) is 11.6 Å². The van der Waals surface area contributed by atoms with E-state index in [0.29, 0.717) is 32.1 Å². The van der Waals surface area contributed by atoms with Crippen LogP contribution in [0.4, 0.5) is 11.4 Å². The van der Waals surface area contributed by atoms with Crippen LogP contribution >= 0.6 is 35.6 Å². The topological polar surface area (TPSA) is 99.0 Å². The van der Waals surface area contributed by atoms with Gasteiger partial charge in [-0.25, -0.2) is 4.79 Å². The number of halogens is 1. The number of benzene rings is 3. The molecule has 0 bridgehead atoms. The molecule has 1 aliphatic rings. The second-order valence-electron chi connectivity index (χ2n) is 7.33. The lowest BCUT2D eigenvalue weighted by molar-refractivity contribution is -0.384. The zero-order valence-corrected chi connectivity index (χ0v) is 21.1. The van der Waals surface area contributed by atoms with E-state index >= 15 is 0 Å². The monoisotopic (exact) mass is 540 g/mol. The van der Waals surface area contributed by atoms with Gasteiger partial charge in [0.05, 0.1) is 27.7 Å². The quantitative estimate of drug-likeness (QED) is 0.0863. The minimum Gasteiger partial charge on any atom is -0.490 e. The predicted octanol–water partition coefficient (Wildman–Crippen LogP) is 6.27. The van der Waals surface area contributed by atoms with E-state index < -0.39 is 10.9 Å². The zero-order chi connectivity index (χ0) is 25.8. The molecule has 182 valence electrons. The first-order valence-corrected chi connectivity index (χ1v) is 12.1. The van der Waals surface area contributed by atoms with Crippen LogP contribution in [0.15, 0.2) is 71.6 Å². The fourth-order valence-corrected chi connectivity index (χ4v) is 4.81. The Balaban J connectivity index is 1.58. The van der Waals surface area contributed by atoms with Crippen LogP contribution in [0.3, 0.4) is 0 Å². The molecule has 3 aromatic rings. The summed E-state index contributed by atoms with van der Waals surface area (Å²) in [5.41, 5.74) is 1.01. The van der Waals surface area contributed by atoms with Gasteiger partial charge >= 0.3 is 5.97 Å². The SMILES string of the molecule is CCOc1cc(/C=C2\SC(=S)N(c3cccc(Cl)c3)C2=O)ccc1OC(=O)c1cccc([N+](=O)[O-])c1. The number of nitro groups is 1. The Kier molecular flexibility index (Phi) is 7.68. The normalized spacial score (nSPS) is 14.3. The summed E-state index contributed by atoms with van der Waals surface area (Å²) in [7, 11) is 0. The highest BCUT2D eigenvalue weighted by Crippen LogP contribution is 2.38. The Morgan fingerprint density at radius 1 is 1.14 bits per heavy atom. The predicted molar refractivity (Wildman–Crippen MR) is 143 cm³/mol. The first-order chi connectivity index (χ1) is 17.3. The zero-order valence-electron chi connectivity index (χ0n) is 18.7. The molecule has 0 aromatic heterocycles. The molecule has 1 fully saturated rings. The largest absolute Gasteiger partial charge is 0.490 e. The molecule has 0 unspecified atom stereocenters. The molecule has 4 rings (SSSR count). The summed E-state index contributed by atoms with van der Waals surface area (Å²) < 4.78 is 11.5. The van der Waals surface area contributed by atoms with E-state index in [4.69, 9.17) is 33.3 Å². The van der Waals surface area contributed by atoms with Crippen LogP contribution in [0.5, 0.6) is 11.5 Å². The number of thioether (sulfide) groups is 1. The highest BCUT2D eigenvalue weighted by molar-refractivity contribution is 8.27. The first-order valence-electron chi connectivity index (χ1n) is 10.5. The number of carbonyl (C=O) groups excluding carboxylic acids is 2. The molecule has 1 heterocycles. The number of rotatable bonds is 7. The summed E-state index contributed by atoms with van der Waals surface area (Å²) in [4.78, 5) is 37.9. The van der Waals surface area contributed by atoms with Crippen molar-refractivity contribution in [1.82, 2.24) is 0 Å². The Morgan fingerprint density at radius 2 is 1.92 bits per heavy atom. The number of nitro benzene ring substituents is 1. The molecule has 0 aliphatic carbocycles. The molecule has 0 spiro atoms. The van der Waals surface area contributed by atoms with E-state index in [0.717, 1.165) is 17.8 Å².